The minimum Gasteiger partial charge on any atom is -0.465 e. The minimum absolute atomic E-state index is 0.225. The Bertz CT molecular complexity index is 781. The highest BCUT2D eigenvalue weighted by molar-refractivity contribution is 6.31. The van der Waals surface area contributed by atoms with Gasteiger partial charge in [-0.25, -0.2) is 0 Å². The topological polar surface area (TPSA) is 43.4 Å². The van der Waals surface area contributed by atoms with Crippen molar-refractivity contribution in [1.29, 1.82) is 0 Å². The van der Waals surface area contributed by atoms with E-state index in [0.717, 1.165) is 11.1 Å². The molecule has 0 heterocycles. The molecule has 2 rings (SSSR count). The largest absolute Gasteiger partial charge is 0.465 e. The molecule has 0 N–H and O–H groups in total. The molecular weight excluding hydrogens is 348 g/mol. The minimum atomic E-state index is -0.800. The number of benzene rings is 2. The van der Waals surface area contributed by atoms with Crippen molar-refractivity contribution in [1.82, 2.24) is 0 Å². The summed E-state index contributed by atoms with van der Waals surface area (Å²) < 4.78 is 5.12. The molecule has 2 aromatic carbocycles. The van der Waals surface area contributed by atoms with Crippen LogP contribution in [0.25, 0.3) is 11.6 Å². The lowest BCUT2D eigenvalue weighted by Gasteiger charge is -2.16. The third kappa shape index (κ3) is 5.30. The summed E-state index contributed by atoms with van der Waals surface area (Å²) in [4.78, 5) is 25.6. The van der Waals surface area contributed by atoms with Crippen LogP contribution in [0.3, 0.4) is 0 Å². The Kier molecular flexibility index (Phi) is 7.61. The van der Waals surface area contributed by atoms with Crippen LogP contribution in [-0.4, -0.2) is 18.4 Å². The number of carbonyl (C=O) groups is 2. The summed E-state index contributed by atoms with van der Waals surface area (Å²) in [6.07, 6.45) is 2.96. The van der Waals surface area contributed by atoms with Gasteiger partial charge in [0.25, 0.3) is 0 Å². The van der Waals surface area contributed by atoms with Crippen molar-refractivity contribution >= 4 is 35.0 Å². The van der Waals surface area contributed by atoms with Crippen molar-refractivity contribution in [3.05, 3.63) is 70.7 Å². The number of hydrogen-bond donors (Lipinski definition) is 0. The van der Waals surface area contributed by atoms with Gasteiger partial charge in [0.1, 0.15) is 5.92 Å². The van der Waals surface area contributed by atoms with Crippen molar-refractivity contribution < 1.29 is 14.3 Å². The van der Waals surface area contributed by atoms with Crippen LogP contribution in [0.15, 0.2) is 54.6 Å². The molecule has 0 fully saturated rings. The lowest BCUT2D eigenvalue weighted by atomic mass is 9.88. The molecule has 0 saturated heterocycles. The molecule has 1 unspecified atom stereocenters. The molecule has 4 heteroatoms. The molecule has 0 aliphatic carbocycles. The van der Waals surface area contributed by atoms with Crippen molar-refractivity contribution in [2.24, 2.45) is 5.92 Å². The smallest absolute Gasteiger partial charge is 0.316 e. The van der Waals surface area contributed by atoms with E-state index in [1.54, 1.807) is 25.1 Å². The van der Waals surface area contributed by atoms with Crippen LogP contribution in [0.1, 0.15) is 37.8 Å². The van der Waals surface area contributed by atoms with E-state index in [-0.39, 0.29) is 12.4 Å². The van der Waals surface area contributed by atoms with Gasteiger partial charge < -0.3 is 4.74 Å². The Balaban J connectivity index is 2.49. The van der Waals surface area contributed by atoms with Crippen LogP contribution in [0.5, 0.6) is 0 Å². The second-order valence-electron chi connectivity index (χ2n) is 5.94. The number of ether oxygens (including phenoxy) is 1. The van der Waals surface area contributed by atoms with Crippen LogP contribution in [0.2, 0.25) is 5.02 Å². The van der Waals surface area contributed by atoms with Crippen LogP contribution < -0.4 is 0 Å². The summed E-state index contributed by atoms with van der Waals surface area (Å²) in [7, 11) is 0. The SMILES string of the molecule is CCCC(C(=O)OCC)C(=O)/C(=C/c1cccc(Cl)c1)c1ccccc1. The van der Waals surface area contributed by atoms with Crippen molar-refractivity contribution in [3.63, 3.8) is 0 Å². The third-order valence-electron chi connectivity index (χ3n) is 3.97. The molecule has 0 aromatic heterocycles. The Labute approximate surface area is 159 Å². The number of rotatable bonds is 8. The third-order valence-corrected chi connectivity index (χ3v) is 4.21. The molecule has 26 heavy (non-hydrogen) atoms. The summed E-state index contributed by atoms with van der Waals surface area (Å²) in [5.41, 5.74) is 2.06. The highest BCUT2D eigenvalue weighted by atomic mass is 35.5. The lowest BCUT2D eigenvalue weighted by Crippen LogP contribution is -2.27. The molecule has 136 valence electrons. The van der Waals surface area contributed by atoms with Gasteiger partial charge in [-0.1, -0.05) is 67.4 Å². The van der Waals surface area contributed by atoms with E-state index in [4.69, 9.17) is 16.3 Å². The van der Waals surface area contributed by atoms with Gasteiger partial charge >= 0.3 is 5.97 Å². The number of esters is 1. The maximum absolute atomic E-state index is 13.2. The predicted molar refractivity (Wildman–Crippen MR) is 106 cm³/mol. The molecule has 0 amide bonds. The molecule has 0 spiro atoms. The summed E-state index contributed by atoms with van der Waals surface area (Å²) in [5, 5.41) is 0.592. The molecule has 0 radical (unpaired) electrons. The fourth-order valence-electron chi connectivity index (χ4n) is 2.75. The normalized spacial score (nSPS) is 12.5. The van der Waals surface area contributed by atoms with Crippen LogP contribution >= 0.6 is 11.6 Å². The molecule has 0 aliphatic rings. The number of ketones is 1. The van der Waals surface area contributed by atoms with E-state index >= 15 is 0 Å². The fraction of sp³-hybridized carbons (Fsp3) is 0.273. The summed E-state index contributed by atoms with van der Waals surface area (Å²) in [5.74, 6) is -1.49. The predicted octanol–water partition coefficient (Wildman–Crippen LogP) is 5.43. The first-order valence-electron chi connectivity index (χ1n) is 8.80. The zero-order valence-corrected chi connectivity index (χ0v) is 15.8. The summed E-state index contributed by atoms with van der Waals surface area (Å²) in [6.45, 7) is 3.94. The van der Waals surface area contributed by atoms with Gasteiger partial charge in [0.2, 0.25) is 0 Å². The van der Waals surface area contributed by atoms with E-state index in [9.17, 15) is 9.59 Å². The van der Waals surface area contributed by atoms with E-state index < -0.39 is 11.9 Å². The molecule has 0 bridgehead atoms. The average molecular weight is 371 g/mol. The molecule has 1 atom stereocenters. The quantitative estimate of drug-likeness (QED) is 0.269. The van der Waals surface area contributed by atoms with Crippen molar-refractivity contribution in [3.8, 4) is 0 Å². The first kappa shape index (κ1) is 19.9. The standard InChI is InChI=1S/C22H23ClO3/c1-3-9-19(22(25)26-4-2)21(24)20(17-11-6-5-7-12-17)15-16-10-8-13-18(23)14-16/h5-8,10-15,19H,3-4,9H2,1-2H3/b20-15+. The lowest BCUT2D eigenvalue weighted by molar-refractivity contribution is -0.150. The van der Waals surface area contributed by atoms with Gasteiger partial charge in [0.15, 0.2) is 5.78 Å². The number of halogens is 1. The Hall–Kier alpha value is -2.39. The van der Waals surface area contributed by atoms with E-state index in [0.29, 0.717) is 23.4 Å². The highest BCUT2D eigenvalue weighted by Gasteiger charge is 2.30. The van der Waals surface area contributed by atoms with Crippen LogP contribution in [0.4, 0.5) is 0 Å². The van der Waals surface area contributed by atoms with Gasteiger partial charge in [-0.2, -0.15) is 0 Å². The van der Waals surface area contributed by atoms with Gasteiger partial charge in [-0.05, 0) is 42.7 Å². The van der Waals surface area contributed by atoms with Gasteiger partial charge in [-0.3, -0.25) is 9.59 Å². The molecule has 2 aromatic rings. The van der Waals surface area contributed by atoms with Crippen LogP contribution in [0, 0.1) is 5.92 Å². The maximum atomic E-state index is 13.2. The molecule has 3 nitrogen and oxygen atoms in total. The average Bonchev–Trinajstić information content (AvgIpc) is 2.64. The van der Waals surface area contributed by atoms with Gasteiger partial charge in [0.05, 0.1) is 6.61 Å². The number of carbonyl (C=O) groups excluding carboxylic acids is 2. The van der Waals surface area contributed by atoms with Crippen LogP contribution in [-0.2, 0) is 14.3 Å². The van der Waals surface area contributed by atoms with Gasteiger partial charge in [-0.15, -0.1) is 0 Å². The monoisotopic (exact) mass is 370 g/mol. The fourth-order valence-corrected chi connectivity index (χ4v) is 2.95. The summed E-state index contributed by atoms with van der Waals surface area (Å²) in [6, 6.07) is 16.6. The second kappa shape index (κ2) is 9.93. The maximum Gasteiger partial charge on any atom is 0.316 e. The first-order chi connectivity index (χ1) is 12.6. The Morgan fingerprint density at radius 2 is 1.81 bits per heavy atom. The van der Waals surface area contributed by atoms with E-state index in [1.165, 1.54) is 0 Å². The zero-order chi connectivity index (χ0) is 18.9. The Morgan fingerprint density at radius 3 is 2.42 bits per heavy atom. The van der Waals surface area contributed by atoms with E-state index in [2.05, 4.69) is 0 Å². The molecular formula is C22H23ClO3. The Morgan fingerprint density at radius 1 is 1.08 bits per heavy atom. The molecule has 0 saturated carbocycles. The first-order valence-corrected chi connectivity index (χ1v) is 9.18. The van der Waals surface area contributed by atoms with Crippen molar-refractivity contribution in [2.45, 2.75) is 26.7 Å². The number of Topliss-reactive ketones (excluding diaryl/α,β-unsaturated/α-hetero) is 1. The summed E-state index contributed by atoms with van der Waals surface area (Å²) >= 11 is 6.07. The second-order valence-corrected chi connectivity index (χ2v) is 6.37. The van der Waals surface area contributed by atoms with Crippen molar-refractivity contribution in [2.75, 3.05) is 6.61 Å². The van der Waals surface area contributed by atoms with E-state index in [1.807, 2.05) is 49.4 Å². The van der Waals surface area contributed by atoms with Gasteiger partial charge in [0, 0.05) is 10.6 Å². The number of hydrogen-bond acceptors (Lipinski definition) is 3. The number of allylic oxidation sites excluding steroid dienone is 1. The zero-order valence-electron chi connectivity index (χ0n) is 15.1. The highest BCUT2D eigenvalue weighted by Crippen LogP contribution is 2.26. The molecule has 0 aliphatic heterocycles.